The van der Waals surface area contributed by atoms with Crippen molar-refractivity contribution in [1.82, 2.24) is 10.3 Å². The molecule has 0 radical (unpaired) electrons. The third-order valence-electron chi connectivity index (χ3n) is 2.51. The Hall–Kier alpha value is -0.410. The van der Waals surface area contributed by atoms with E-state index in [-0.39, 0.29) is 0 Å². The van der Waals surface area contributed by atoms with Crippen LogP contribution < -0.4 is 5.32 Å². The SMILES string of the molecule is Cc1scnc1CNC1CCC1. The Bertz CT molecular complexity index is 253. The zero-order chi connectivity index (χ0) is 8.39. The van der Waals surface area contributed by atoms with Crippen molar-refractivity contribution in [2.45, 2.75) is 38.8 Å². The van der Waals surface area contributed by atoms with Crippen molar-refractivity contribution in [3.63, 3.8) is 0 Å². The maximum Gasteiger partial charge on any atom is 0.0798 e. The molecule has 0 aromatic carbocycles. The maximum atomic E-state index is 4.30. The number of aryl methyl sites for hydroxylation is 1. The maximum absolute atomic E-state index is 4.30. The van der Waals surface area contributed by atoms with Gasteiger partial charge in [0, 0.05) is 17.5 Å². The van der Waals surface area contributed by atoms with E-state index in [9.17, 15) is 0 Å². The second-order valence-electron chi connectivity index (χ2n) is 3.36. The van der Waals surface area contributed by atoms with Gasteiger partial charge in [-0.15, -0.1) is 11.3 Å². The molecule has 1 fully saturated rings. The zero-order valence-electron chi connectivity index (χ0n) is 7.34. The van der Waals surface area contributed by atoms with Gasteiger partial charge in [0.15, 0.2) is 0 Å². The van der Waals surface area contributed by atoms with Crippen molar-refractivity contribution in [1.29, 1.82) is 0 Å². The molecule has 0 unspecified atom stereocenters. The second kappa shape index (κ2) is 3.54. The Labute approximate surface area is 77.0 Å². The van der Waals surface area contributed by atoms with Crippen LogP contribution >= 0.6 is 11.3 Å². The topological polar surface area (TPSA) is 24.9 Å². The predicted octanol–water partition coefficient (Wildman–Crippen LogP) is 2.09. The molecule has 0 saturated heterocycles. The molecule has 1 heterocycles. The molecular weight excluding hydrogens is 168 g/mol. The highest BCUT2D eigenvalue weighted by Crippen LogP contribution is 2.19. The van der Waals surface area contributed by atoms with Gasteiger partial charge in [0.05, 0.1) is 11.2 Å². The van der Waals surface area contributed by atoms with Crippen LogP contribution in [-0.2, 0) is 6.54 Å². The molecule has 1 saturated carbocycles. The van der Waals surface area contributed by atoms with E-state index in [2.05, 4.69) is 17.2 Å². The summed E-state index contributed by atoms with van der Waals surface area (Å²) in [6.07, 6.45) is 4.10. The van der Waals surface area contributed by atoms with Crippen molar-refractivity contribution in [2.75, 3.05) is 0 Å². The lowest BCUT2D eigenvalue weighted by Crippen LogP contribution is -2.34. The van der Waals surface area contributed by atoms with Gasteiger partial charge in [-0.1, -0.05) is 6.42 Å². The fraction of sp³-hybridized carbons (Fsp3) is 0.667. The summed E-state index contributed by atoms with van der Waals surface area (Å²) in [5.74, 6) is 0. The molecule has 0 bridgehead atoms. The number of aromatic nitrogens is 1. The van der Waals surface area contributed by atoms with Gasteiger partial charge in [-0.3, -0.25) is 0 Å². The lowest BCUT2D eigenvalue weighted by atomic mass is 9.93. The van der Waals surface area contributed by atoms with Crippen molar-refractivity contribution in [3.8, 4) is 0 Å². The summed E-state index contributed by atoms with van der Waals surface area (Å²) in [5.41, 5.74) is 3.15. The molecule has 1 aromatic rings. The molecule has 3 heteroatoms. The molecule has 66 valence electrons. The normalized spacial score (nSPS) is 17.8. The lowest BCUT2D eigenvalue weighted by molar-refractivity contribution is 0.337. The average Bonchev–Trinajstić information content (AvgIpc) is 2.33. The summed E-state index contributed by atoms with van der Waals surface area (Å²) < 4.78 is 0. The highest BCUT2D eigenvalue weighted by atomic mass is 32.1. The Balaban J connectivity index is 1.82. The summed E-state index contributed by atoms with van der Waals surface area (Å²) in [6.45, 7) is 3.09. The first-order chi connectivity index (χ1) is 5.86. The van der Waals surface area contributed by atoms with E-state index >= 15 is 0 Å². The largest absolute Gasteiger partial charge is 0.308 e. The van der Waals surface area contributed by atoms with E-state index < -0.39 is 0 Å². The van der Waals surface area contributed by atoms with Crippen LogP contribution in [0.4, 0.5) is 0 Å². The number of hydrogen-bond acceptors (Lipinski definition) is 3. The van der Waals surface area contributed by atoms with E-state index in [0.717, 1.165) is 12.6 Å². The summed E-state index contributed by atoms with van der Waals surface area (Å²) in [5, 5.41) is 3.51. The summed E-state index contributed by atoms with van der Waals surface area (Å²) >= 11 is 1.73. The average molecular weight is 182 g/mol. The van der Waals surface area contributed by atoms with Crippen LogP contribution in [0.25, 0.3) is 0 Å². The van der Waals surface area contributed by atoms with Gasteiger partial charge in [0.2, 0.25) is 0 Å². The fourth-order valence-electron chi connectivity index (χ4n) is 1.35. The van der Waals surface area contributed by atoms with E-state index in [1.54, 1.807) is 11.3 Å². The minimum absolute atomic E-state index is 0.770. The number of rotatable bonds is 3. The van der Waals surface area contributed by atoms with E-state index in [0.29, 0.717) is 0 Å². The Kier molecular flexibility index (Phi) is 2.42. The molecule has 1 N–H and O–H groups in total. The van der Waals surface area contributed by atoms with Crippen LogP contribution in [0, 0.1) is 6.92 Å². The Morgan fingerprint density at radius 1 is 1.67 bits per heavy atom. The highest BCUT2D eigenvalue weighted by Gasteiger charge is 2.16. The predicted molar refractivity (Wildman–Crippen MR) is 51.3 cm³/mol. The smallest absolute Gasteiger partial charge is 0.0798 e. The number of nitrogens with zero attached hydrogens (tertiary/aromatic N) is 1. The van der Waals surface area contributed by atoms with Crippen molar-refractivity contribution < 1.29 is 0 Å². The fourth-order valence-corrected chi connectivity index (χ4v) is 1.95. The van der Waals surface area contributed by atoms with Gasteiger partial charge in [-0.2, -0.15) is 0 Å². The van der Waals surface area contributed by atoms with Crippen LogP contribution in [0.3, 0.4) is 0 Å². The first-order valence-electron chi connectivity index (χ1n) is 4.48. The highest BCUT2D eigenvalue weighted by molar-refractivity contribution is 7.09. The van der Waals surface area contributed by atoms with Crippen molar-refractivity contribution in [2.24, 2.45) is 0 Å². The molecule has 2 rings (SSSR count). The lowest BCUT2D eigenvalue weighted by Gasteiger charge is -2.26. The molecular formula is C9H14N2S. The minimum atomic E-state index is 0.770. The van der Waals surface area contributed by atoms with Gasteiger partial charge in [0.25, 0.3) is 0 Å². The van der Waals surface area contributed by atoms with E-state index in [1.807, 2.05) is 5.51 Å². The molecule has 12 heavy (non-hydrogen) atoms. The Morgan fingerprint density at radius 3 is 3.00 bits per heavy atom. The molecule has 1 aromatic heterocycles. The molecule has 0 amide bonds. The third-order valence-corrected chi connectivity index (χ3v) is 3.31. The van der Waals surface area contributed by atoms with Crippen LogP contribution in [0.5, 0.6) is 0 Å². The van der Waals surface area contributed by atoms with Gasteiger partial charge in [-0.25, -0.2) is 4.98 Å². The Morgan fingerprint density at radius 2 is 2.50 bits per heavy atom. The van der Waals surface area contributed by atoms with Gasteiger partial charge in [0.1, 0.15) is 0 Å². The molecule has 0 aliphatic heterocycles. The van der Waals surface area contributed by atoms with Crippen molar-refractivity contribution in [3.05, 3.63) is 16.1 Å². The summed E-state index contributed by atoms with van der Waals surface area (Å²) in [7, 11) is 0. The molecule has 1 aliphatic carbocycles. The zero-order valence-corrected chi connectivity index (χ0v) is 8.16. The first-order valence-corrected chi connectivity index (χ1v) is 5.36. The summed E-state index contributed by atoms with van der Waals surface area (Å²) in [6, 6.07) is 0.770. The standard InChI is InChI=1S/C9H14N2S/c1-7-9(11-6-12-7)5-10-8-3-2-4-8/h6,8,10H,2-5H2,1H3. The summed E-state index contributed by atoms with van der Waals surface area (Å²) in [4.78, 5) is 5.65. The third kappa shape index (κ3) is 1.67. The molecule has 1 aliphatic rings. The monoisotopic (exact) mass is 182 g/mol. The van der Waals surface area contributed by atoms with Gasteiger partial charge < -0.3 is 5.32 Å². The van der Waals surface area contributed by atoms with Gasteiger partial charge >= 0.3 is 0 Å². The van der Waals surface area contributed by atoms with Crippen LogP contribution in [0.1, 0.15) is 29.8 Å². The molecule has 0 spiro atoms. The van der Waals surface area contributed by atoms with E-state index in [4.69, 9.17) is 0 Å². The van der Waals surface area contributed by atoms with Gasteiger partial charge in [-0.05, 0) is 19.8 Å². The molecule has 2 nitrogen and oxygen atoms in total. The quantitative estimate of drug-likeness (QED) is 0.774. The van der Waals surface area contributed by atoms with Crippen LogP contribution in [-0.4, -0.2) is 11.0 Å². The number of nitrogens with one attached hydrogen (secondary N) is 1. The number of hydrogen-bond donors (Lipinski definition) is 1. The molecule has 0 atom stereocenters. The second-order valence-corrected chi connectivity index (χ2v) is 4.42. The number of thiazole rings is 1. The van der Waals surface area contributed by atoms with Crippen LogP contribution in [0.2, 0.25) is 0 Å². The first kappa shape index (κ1) is 8.20. The van der Waals surface area contributed by atoms with Crippen molar-refractivity contribution >= 4 is 11.3 Å². The van der Waals surface area contributed by atoms with E-state index in [1.165, 1.54) is 29.8 Å². The van der Waals surface area contributed by atoms with Crippen LogP contribution in [0.15, 0.2) is 5.51 Å². The minimum Gasteiger partial charge on any atom is -0.308 e.